The van der Waals surface area contributed by atoms with Crippen LogP contribution >= 0.6 is 0 Å². The maximum absolute atomic E-state index is 13.0. The molecule has 0 spiro atoms. The van der Waals surface area contributed by atoms with Crippen LogP contribution in [0.25, 0.3) is 0 Å². The lowest BCUT2D eigenvalue weighted by Crippen LogP contribution is -2.28. The Hall–Kier alpha value is -2.54. The van der Waals surface area contributed by atoms with E-state index in [1.54, 1.807) is 30.3 Å². The fraction of sp³-hybridized carbons (Fsp3) is 0.350. The summed E-state index contributed by atoms with van der Waals surface area (Å²) in [5.41, 5.74) is 1.66. The van der Waals surface area contributed by atoms with Crippen molar-refractivity contribution in [3.8, 4) is 5.75 Å². The van der Waals surface area contributed by atoms with E-state index in [1.165, 1.54) is 30.6 Å². The van der Waals surface area contributed by atoms with Crippen molar-refractivity contribution < 1.29 is 17.9 Å². The van der Waals surface area contributed by atoms with Crippen LogP contribution in [0.3, 0.4) is 0 Å². The molecule has 0 aliphatic carbocycles. The van der Waals surface area contributed by atoms with Crippen molar-refractivity contribution in [2.24, 2.45) is 0 Å². The summed E-state index contributed by atoms with van der Waals surface area (Å²) in [6, 6.07) is 11.3. The number of ether oxygens (including phenoxy) is 1. The van der Waals surface area contributed by atoms with Gasteiger partial charge in [0.25, 0.3) is 15.9 Å². The number of sulfonamides is 1. The number of rotatable bonds is 8. The fourth-order valence-corrected chi connectivity index (χ4v) is 3.86. The first-order valence-electron chi connectivity index (χ1n) is 8.83. The molecule has 0 unspecified atom stereocenters. The second-order valence-corrected chi connectivity index (χ2v) is 8.23. The number of unbranched alkanes of at least 4 members (excludes halogenated alkanes) is 1. The van der Waals surface area contributed by atoms with Crippen LogP contribution < -0.4 is 14.4 Å². The average molecular weight is 391 g/mol. The molecule has 0 atom stereocenters. The van der Waals surface area contributed by atoms with E-state index < -0.39 is 10.0 Å². The minimum absolute atomic E-state index is 0.156. The largest absolute Gasteiger partial charge is 0.497 e. The van der Waals surface area contributed by atoms with Crippen molar-refractivity contribution in [2.45, 2.75) is 31.6 Å². The average Bonchev–Trinajstić information content (AvgIpc) is 2.68. The number of benzene rings is 2. The van der Waals surface area contributed by atoms with Gasteiger partial charge in [0.1, 0.15) is 5.75 Å². The first kappa shape index (κ1) is 20.8. The summed E-state index contributed by atoms with van der Waals surface area (Å²) in [5.74, 6) is 0.374. The monoisotopic (exact) mass is 390 g/mol. The van der Waals surface area contributed by atoms with Gasteiger partial charge in [-0.1, -0.05) is 19.4 Å². The molecule has 7 heteroatoms. The Kier molecular flexibility index (Phi) is 6.85. The lowest BCUT2D eigenvalue weighted by molar-refractivity contribution is 0.0953. The van der Waals surface area contributed by atoms with Gasteiger partial charge in [-0.2, -0.15) is 0 Å². The lowest BCUT2D eigenvalue weighted by atomic mass is 10.1. The molecule has 0 bridgehead atoms. The smallest absolute Gasteiger partial charge is 0.264 e. The molecule has 0 saturated carbocycles. The third-order valence-electron chi connectivity index (χ3n) is 4.34. The van der Waals surface area contributed by atoms with Crippen LogP contribution in [0, 0.1) is 6.92 Å². The highest BCUT2D eigenvalue weighted by Crippen LogP contribution is 2.27. The van der Waals surface area contributed by atoms with E-state index in [0.717, 1.165) is 18.4 Å². The van der Waals surface area contributed by atoms with Gasteiger partial charge in [0.2, 0.25) is 0 Å². The normalized spacial score (nSPS) is 11.1. The van der Waals surface area contributed by atoms with Gasteiger partial charge in [0, 0.05) is 19.2 Å². The van der Waals surface area contributed by atoms with Gasteiger partial charge < -0.3 is 10.1 Å². The van der Waals surface area contributed by atoms with Gasteiger partial charge in [-0.15, -0.1) is 0 Å². The molecule has 0 radical (unpaired) electrons. The van der Waals surface area contributed by atoms with E-state index in [0.29, 0.717) is 23.5 Å². The van der Waals surface area contributed by atoms with Crippen LogP contribution in [0.2, 0.25) is 0 Å². The molecule has 2 rings (SSSR count). The Balaban J connectivity index is 2.32. The van der Waals surface area contributed by atoms with Crippen LogP contribution in [0.4, 0.5) is 5.69 Å². The number of carbonyl (C=O) groups is 1. The van der Waals surface area contributed by atoms with Crippen LogP contribution in [0.5, 0.6) is 5.75 Å². The predicted molar refractivity (Wildman–Crippen MR) is 107 cm³/mol. The summed E-state index contributed by atoms with van der Waals surface area (Å²) in [7, 11) is -0.746. The van der Waals surface area contributed by atoms with Gasteiger partial charge in [0.15, 0.2) is 0 Å². The number of amides is 1. The number of nitrogens with zero attached hydrogens (tertiary/aromatic N) is 1. The number of nitrogens with one attached hydrogen (secondary N) is 1. The first-order valence-corrected chi connectivity index (χ1v) is 10.3. The maximum atomic E-state index is 13.0. The van der Waals surface area contributed by atoms with Crippen LogP contribution in [-0.4, -0.2) is 35.0 Å². The zero-order chi connectivity index (χ0) is 20.0. The Labute approximate surface area is 161 Å². The number of hydrogen-bond acceptors (Lipinski definition) is 4. The van der Waals surface area contributed by atoms with Crippen molar-refractivity contribution >= 4 is 21.6 Å². The second-order valence-electron chi connectivity index (χ2n) is 6.26. The van der Waals surface area contributed by atoms with Crippen molar-refractivity contribution in [1.82, 2.24) is 5.32 Å². The Morgan fingerprint density at radius 2 is 1.81 bits per heavy atom. The van der Waals surface area contributed by atoms with Gasteiger partial charge in [-0.25, -0.2) is 8.42 Å². The van der Waals surface area contributed by atoms with Gasteiger partial charge in [-0.3, -0.25) is 9.10 Å². The van der Waals surface area contributed by atoms with E-state index in [-0.39, 0.29) is 10.8 Å². The molecule has 0 heterocycles. The zero-order valence-corrected chi connectivity index (χ0v) is 17.0. The molecule has 0 aromatic heterocycles. The summed E-state index contributed by atoms with van der Waals surface area (Å²) in [4.78, 5) is 12.5. The summed E-state index contributed by atoms with van der Waals surface area (Å²) in [6.07, 6.45) is 1.89. The summed E-state index contributed by atoms with van der Waals surface area (Å²) >= 11 is 0. The van der Waals surface area contributed by atoms with E-state index in [4.69, 9.17) is 4.74 Å². The maximum Gasteiger partial charge on any atom is 0.264 e. The van der Waals surface area contributed by atoms with Crippen molar-refractivity contribution in [3.05, 3.63) is 53.6 Å². The van der Waals surface area contributed by atoms with E-state index in [9.17, 15) is 13.2 Å². The van der Waals surface area contributed by atoms with E-state index in [2.05, 4.69) is 12.2 Å². The number of carbonyl (C=O) groups excluding carboxylic acids is 1. The third-order valence-corrected chi connectivity index (χ3v) is 6.13. The molecule has 1 N–H and O–H groups in total. The van der Waals surface area contributed by atoms with Crippen molar-refractivity contribution in [1.29, 1.82) is 0 Å². The topological polar surface area (TPSA) is 75.7 Å². The quantitative estimate of drug-likeness (QED) is 0.701. The third kappa shape index (κ3) is 4.80. The number of anilines is 1. The zero-order valence-electron chi connectivity index (χ0n) is 16.2. The fourth-order valence-electron chi connectivity index (χ4n) is 2.61. The Bertz CT molecular complexity index is 893. The van der Waals surface area contributed by atoms with Crippen LogP contribution in [-0.2, 0) is 10.0 Å². The molecule has 146 valence electrons. The van der Waals surface area contributed by atoms with Gasteiger partial charge >= 0.3 is 0 Å². The van der Waals surface area contributed by atoms with Gasteiger partial charge in [-0.05, 0) is 55.3 Å². The molecular formula is C20H26N2O4S. The van der Waals surface area contributed by atoms with Crippen molar-refractivity contribution in [3.63, 3.8) is 0 Å². The SMILES string of the molecule is CCCCNC(=O)c1ccc(C)c(N(C)S(=O)(=O)c2ccc(OC)cc2)c1. The molecule has 0 fully saturated rings. The molecule has 27 heavy (non-hydrogen) atoms. The lowest BCUT2D eigenvalue weighted by Gasteiger charge is -2.22. The van der Waals surface area contributed by atoms with Crippen molar-refractivity contribution in [2.75, 3.05) is 25.0 Å². The Morgan fingerprint density at radius 3 is 2.41 bits per heavy atom. The van der Waals surface area contributed by atoms with Crippen LogP contribution in [0.15, 0.2) is 47.4 Å². The Morgan fingerprint density at radius 1 is 1.15 bits per heavy atom. The highest BCUT2D eigenvalue weighted by Gasteiger charge is 2.23. The van der Waals surface area contributed by atoms with E-state index in [1.807, 2.05) is 6.92 Å². The molecular weight excluding hydrogens is 364 g/mol. The number of methoxy groups -OCH3 is 1. The molecule has 0 saturated heterocycles. The van der Waals surface area contributed by atoms with E-state index >= 15 is 0 Å². The minimum Gasteiger partial charge on any atom is -0.497 e. The predicted octanol–water partition coefficient (Wildman–Crippen LogP) is 3.36. The molecule has 0 aliphatic rings. The standard InChI is InChI=1S/C20H26N2O4S/c1-5-6-13-21-20(23)16-8-7-15(2)19(14-16)22(3)27(24,25)18-11-9-17(26-4)10-12-18/h7-12,14H,5-6,13H2,1-4H3,(H,21,23). The highest BCUT2D eigenvalue weighted by molar-refractivity contribution is 7.92. The molecule has 6 nitrogen and oxygen atoms in total. The molecule has 0 aliphatic heterocycles. The molecule has 2 aromatic carbocycles. The van der Waals surface area contributed by atoms with Crippen LogP contribution in [0.1, 0.15) is 35.7 Å². The summed E-state index contributed by atoms with van der Waals surface area (Å²) in [5, 5.41) is 2.85. The minimum atomic E-state index is -3.76. The second kappa shape index (κ2) is 8.90. The first-order chi connectivity index (χ1) is 12.8. The molecule has 1 amide bonds. The summed E-state index contributed by atoms with van der Waals surface area (Å²) in [6.45, 7) is 4.46. The number of aryl methyl sites for hydroxylation is 1. The number of hydrogen-bond donors (Lipinski definition) is 1. The highest BCUT2D eigenvalue weighted by atomic mass is 32.2. The summed E-state index contributed by atoms with van der Waals surface area (Å²) < 4.78 is 32.2. The van der Waals surface area contributed by atoms with Gasteiger partial charge in [0.05, 0.1) is 17.7 Å². The molecule has 2 aromatic rings.